The summed E-state index contributed by atoms with van der Waals surface area (Å²) >= 11 is 0. The van der Waals surface area contributed by atoms with E-state index in [0.717, 1.165) is 19.3 Å². The molecule has 0 aromatic heterocycles. The summed E-state index contributed by atoms with van der Waals surface area (Å²) in [5.74, 6) is 1.37. The minimum Gasteiger partial charge on any atom is -0.390 e. The first-order valence-corrected chi connectivity index (χ1v) is 4.56. The molecule has 3 aliphatic carbocycles. The highest BCUT2D eigenvalue weighted by Gasteiger charge is 2.45. The van der Waals surface area contributed by atoms with Gasteiger partial charge in [0.25, 0.3) is 0 Å². The molecule has 2 bridgehead atoms. The van der Waals surface area contributed by atoms with Gasteiger partial charge in [0.1, 0.15) is 0 Å². The summed E-state index contributed by atoms with van der Waals surface area (Å²) in [5.41, 5.74) is 0. The van der Waals surface area contributed by atoms with Crippen molar-refractivity contribution in [3.63, 3.8) is 0 Å². The van der Waals surface area contributed by atoms with Crippen molar-refractivity contribution in [3.05, 3.63) is 0 Å². The Kier molecular flexibility index (Phi) is 1.69. The van der Waals surface area contributed by atoms with Gasteiger partial charge in [-0.15, -0.1) is 0 Å². The zero-order valence-corrected chi connectivity index (χ0v) is 6.90. The highest BCUT2D eigenvalue weighted by atomic mass is 16.3. The fraction of sp³-hybridized carbons (Fsp3) is 1.00. The Labute approximate surface area is 67.2 Å². The van der Waals surface area contributed by atoms with Crippen LogP contribution in [0.3, 0.4) is 0 Å². The number of hydrogen-bond acceptors (Lipinski definition) is 2. The van der Waals surface area contributed by atoms with Crippen molar-refractivity contribution >= 4 is 0 Å². The second kappa shape index (κ2) is 2.46. The fourth-order valence-electron chi connectivity index (χ4n) is 2.81. The van der Waals surface area contributed by atoms with E-state index >= 15 is 0 Å². The third kappa shape index (κ3) is 1.00. The van der Waals surface area contributed by atoms with Crippen LogP contribution in [0.25, 0.3) is 0 Å². The van der Waals surface area contributed by atoms with E-state index in [1.54, 1.807) is 0 Å². The first-order chi connectivity index (χ1) is 5.20. The molecule has 3 saturated carbocycles. The van der Waals surface area contributed by atoms with Gasteiger partial charge in [-0.3, -0.25) is 0 Å². The number of hydrogen-bond donors (Lipinski definition) is 2. The Hall–Kier alpha value is -0.0800. The summed E-state index contributed by atoms with van der Waals surface area (Å²) in [5, 5.41) is 19.1. The standard InChI is InChI=1S/C9H16O2/c1-5-4-6-2-3-7(5)9(11)8(6)10/h5-11H,2-4H2,1H3/t5-,6+,7-,8-,9+/m0/s1. The first-order valence-electron chi connectivity index (χ1n) is 4.56. The van der Waals surface area contributed by atoms with E-state index in [2.05, 4.69) is 6.92 Å². The van der Waals surface area contributed by atoms with Crippen LogP contribution >= 0.6 is 0 Å². The van der Waals surface area contributed by atoms with Gasteiger partial charge in [-0.1, -0.05) is 6.92 Å². The fourth-order valence-corrected chi connectivity index (χ4v) is 2.81. The molecular weight excluding hydrogens is 140 g/mol. The predicted molar refractivity (Wildman–Crippen MR) is 42.0 cm³/mol. The zero-order valence-electron chi connectivity index (χ0n) is 6.90. The maximum absolute atomic E-state index is 9.59. The largest absolute Gasteiger partial charge is 0.390 e. The average Bonchev–Trinajstić information content (AvgIpc) is 1.99. The molecule has 0 aromatic rings. The highest BCUT2D eigenvalue weighted by molar-refractivity contribution is 4.95. The maximum Gasteiger partial charge on any atom is 0.0832 e. The van der Waals surface area contributed by atoms with Gasteiger partial charge in [-0.05, 0) is 37.0 Å². The van der Waals surface area contributed by atoms with Gasteiger partial charge in [0.2, 0.25) is 0 Å². The molecule has 2 heteroatoms. The van der Waals surface area contributed by atoms with Crippen LogP contribution in [0.1, 0.15) is 26.2 Å². The van der Waals surface area contributed by atoms with Crippen molar-refractivity contribution < 1.29 is 10.2 Å². The third-order valence-corrected chi connectivity index (χ3v) is 3.55. The van der Waals surface area contributed by atoms with Crippen molar-refractivity contribution in [2.75, 3.05) is 0 Å². The summed E-state index contributed by atoms with van der Waals surface area (Å²) in [6.45, 7) is 2.19. The second-order valence-corrected chi connectivity index (χ2v) is 4.20. The molecule has 0 aromatic carbocycles. The molecule has 0 amide bonds. The van der Waals surface area contributed by atoms with E-state index in [-0.39, 0.29) is 0 Å². The molecule has 5 atom stereocenters. The highest BCUT2D eigenvalue weighted by Crippen LogP contribution is 2.44. The summed E-state index contributed by atoms with van der Waals surface area (Å²) in [4.78, 5) is 0. The Morgan fingerprint density at radius 2 is 1.82 bits per heavy atom. The Bertz CT molecular complexity index is 156. The van der Waals surface area contributed by atoms with Crippen LogP contribution in [-0.2, 0) is 0 Å². The number of fused-ring (bicyclic) bond motifs is 3. The summed E-state index contributed by atoms with van der Waals surface area (Å²) in [6.07, 6.45) is 2.49. The summed E-state index contributed by atoms with van der Waals surface area (Å²) in [7, 11) is 0. The minimum absolute atomic E-state index is 0.370. The van der Waals surface area contributed by atoms with E-state index in [1.807, 2.05) is 0 Å². The lowest BCUT2D eigenvalue weighted by molar-refractivity contribution is -0.129. The monoisotopic (exact) mass is 156 g/mol. The van der Waals surface area contributed by atoms with Crippen molar-refractivity contribution in [1.29, 1.82) is 0 Å². The van der Waals surface area contributed by atoms with Crippen LogP contribution in [0.5, 0.6) is 0 Å². The Balaban J connectivity index is 2.16. The molecule has 3 rings (SSSR count). The van der Waals surface area contributed by atoms with Gasteiger partial charge in [-0.25, -0.2) is 0 Å². The molecule has 0 radical (unpaired) electrons. The maximum atomic E-state index is 9.59. The van der Waals surface area contributed by atoms with Crippen LogP contribution in [0.4, 0.5) is 0 Å². The van der Waals surface area contributed by atoms with Crippen LogP contribution in [0, 0.1) is 17.8 Å². The third-order valence-electron chi connectivity index (χ3n) is 3.55. The van der Waals surface area contributed by atoms with Gasteiger partial charge in [0.15, 0.2) is 0 Å². The molecule has 11 heavy (non-hydrogen) atoms. The van der Waals surface area contributed by atoms with Crippen LogP contribution in [-0.4, -0.2) is 22.4 Å². The van der Waals surface area contributed by atoms with Gasteiger partial charge in [-0.2, -0.15) is 0 Å². The minimum atomic E-state index is -0.433. The smallest absolute Gasteiger partial charge is 0.0832 e. The quantitative estimate of drug-likeness (QED) is 0.544. The Morgan fingerprint density at radius 1 is 1.09 bits per heavy atom. The van der Waals surface area contributed by atoms with Gasteiger partial charge >= 0.3 is 0 Å². The van der Waals surface area contributed by atoms with Crippen molar-refractivity contribution in [2.24, 2.45) is 17.8 Å². The molecule has 0 saturated heterocycles. The summed E-state index contributed by atoms with van der Waals surface area (Å²) in [6, 6.07) is 0. The number of aliphatic hydroxyl groups excluding tert-OH is 2. The van der Waals surface area contributed by atoms with Crippen molar-refractivity contribution in [2.45, 2.75) is 38.4 Å². The first kappa shape index (κ1) is 7.56. The molecule has 3 fully saturated rings. The molecule has 64 valence electrons. The molecule has 0 heterocycles. The molecule has 0 aliphatic heterocycles. The normalized spacial score (nSPS) is 56.5. The van der Waals surface area contributed by atoms with E-state index in [4.69, 9.17) is 0 Å². The van der Waals surface area contributed by atoms with Crippen molar-refractivity contribution in [1.82, 2.24) is 0 Å². The van der Waals surface area contributed by atoms with Crippen LogP contribution in [0.15, 0.2) is 0 Å². The summed E-state index contributed by atoms with van der Waals surface area (Å²) < 4.78 is 0. The Morgan fingerprint density at radius 3 is 2.27 bits per heavy atom. The lowest BCUT2D eigenvalue weighted by Gasteiger charge is -2.47. The number of rotatable bonds is 0. The van der Waals surface area contributed by atoms with Crippen molar-refractivity contribution in [3.8, 4) is 0 Å². The van der Waals surface area contributed by atoms with E-state index in [9.17, 15) is 10.2 Å². The molecule has 0 spiro atoms. The molecule has 2 nitrogen and oxygen atoms in total. The lowest BCUT2D eigenvalue weighted by atomic mass is 9.62. The molecule has 3 aliphatic rings. The second-order valence-electron chi connectivity index (χ2n) is 4.20. The van der Waals surface area contributed by atoms with Crippen LogP contribution in [0.2, 0.25) is 0 Å². The van der Waals surface area contributed by atoms with E-state index in [0.29, 0.717) is 17.8 Å². The molecular formula is C9H16O2. The molecule has 0 unspecified atom stereocenters. The van der Waals surface area contributed by atoms with Gasteiger partial charge in [0, 0.05) is 0 Å². The van der Waals surface area contributed by atoms with Crippen LogP contribution < -0.4 is 0 Å². The topological polar surface area (TPSA) is 40.5 Å². The SMILES string of the molecule is C[C@H]1C[C@H]2CC[C@@H]1[C@@H](O)[C@H]2O. The molecule has 2 N–H and O–H groups in total. The predicted octanol–water partition coefficient (Wildman–Crippen LogP) is 0.774. The van der Waals surface area contributed by atoms with Gasteiger partial charge < -0.3 is 10.2 Å². The zero-order chi connectivity index (χ0) is 8.01. The van der Waals surface area contributed by atoms with Gasteiger partial charge in [0.05, 0.1) is 12.2 Å². The van der Waals surface area contributed by atoms with E-state index < -0.39 is 12.2 Å². The number of aliphatic hydroxyl groups is 2. The van der Waals surface area contributed by atoms with E-state index in [1.165, 1.54) is 0 Å². The lowest BCUT2D eigenvalue weighted by Crippen LogP contribution is -2.51. The average molecular weight is 156 g/mol.